The van der Waals surface area contributed by atoms with Crippen molar-refractivity contribution < 1.29 is 97.3 Å². The summed E-state index contributed by atoms with van der Waals surface area (Å²) >= 11 is 0. The largest absolute Gasteiger partial charge is 0.744 e. The van der Waals surface area contributed by atoms with E-state index in [1.165, 1.54) is 24.3 Å². The first kappa shape index (κ1) is 69.4. The lowest BCUT2D eigenvalue weighted by molar-refractivity contribution is -0.438. The molecule has 24 heteroatoms. The van der Waals surface area contributed by atoms with Gasteiger partial charge < -0.3 is 76.0 Å². The quantitative estimate of drug-likeness (QED) is 0.0369. The van der Waals surface area contributed by atoms with E-state index in [1.807, 2.05) is 51.2 Å². The number of carboxylic acids is 1. The molecule has 0 aromatic heterocycles. The number of rotatable bonds is 48. The second kappa shape index (κ2) is 38.0. The van der Waals surface area contributed by atoms with Crippen LogP contribution in [-0.4, -0.2) is 220 Å². The second-order valence-electron chi connectivity index (χ2n) is 19.3. The average Bonchev–Trinajstić information content (AvgIpc) is 3.97. The highest BCUT2D eigenvalue weighted by molar-refractivity contribution is 7.86. The number of methoxy groups -OCH3 is 2. The number of carbonyl (C=O) groups is 1. The number of ether oxygens (including phenoxy) is 12. The number of benzene rings is 2. The Kier molecular flexibility index (Phi) is 32.6. The van der Waals surface area contributed by atoms with E-state index in [0.717, 1.165) is 22.8 Å². The molecule has 2 atom stereocenters. The molecule has 2 aliphatic heterocycles. The minimum atomic E-state index is -4.81. The van der Waals surface area contributed by atoms with Crippen molar-refractivity contribution in [3.8, 4) is 0 Å². The molecular weight excluding hydrogens is 1100 g/mol. The van der Waals surface area contributed by atoms with Crippen LogP contribution in [0.1, 0.15) is 70.4 Å². The van der Waals surface area contributed by atoms with Gasteiger partial charge in [0.2, 0.25) is 5.69 Å². The molecule has 0 saturated heterocycles. The van der Waals surface area contributed by atoms with E-state index in [1.54, 1.807) is 26.4 Å². The van der Waals surface area contributed by atoms with Gasteiger partial charge >= 0.3 is 5.97 Å². The molecule has 0 aliphatic carbocycles. The van der Waals surface area contributed by atoms with Gasteiger partial charge in [-0.2, -0.15) is 4.58 Å². The molecule has 2 aromatic carbocycles. The molecule has 1 N–H and O–H groups in total. The summed E-state index contributed by atoms with van der Waals surface area (Å²) < 4.78 is 143. The van der Waals surface area contributed by atoms with Gasteiger partial charge in [0.25, 0.3) is 0 Å². The van der Waals surface area contributed by atoms with Gasteiger partial charge in [-0.25, -0.2) is 16.8 Å². The monoisotopic (exact) mass is 1180 g/mol. The SMILES string of the molecule is CCN1/C(=C/C=C/C=C/C2=[N+](CCCCCC(=O)O)c3ccc(S(=O)(=O)[O-])cc3C2(C)CCOCCOCCOCCOCCOCCOC)C(C)(CCOCCOCCOCCOCCOCCOC)c2cc(S(=O)(=O)[O-])ccc21. The van der Waals surface area contributed by atoms with Gasteiger partial charge in [0.05, 0.1) is 147 Å². The predicted molar refractivity (Wildman–Crippen MR) is 300 cm³/mol. The van der Waals surface area contributed by atoms with Crippen LogP contribution in [-0.2, 0) is 92.7 Å². The van der Waals surface area contributed by atoms with Gasteiger partial charge in [-0.05, 0) is 88.4 Å². The zero-order valence-corrected chi connectivity index (χ0v) is 49.6. The molecular formula is C57H87N2O20S2-. The van der Waals surface area contributed by atoms with Crippen molar-refractivity contribution in [1.82, 2.24) is 0 Å². The summed E-state index contributed by atoms with van der Waals surface area (Å²) in [6, 6.07) is 8.86. The normalized spacial score (nSPS) is 17.9. The van der Waals surface area contributed by atoms with E-state index < -0.39 is 37.0 Å². The highest BCUT2D eigenvalue weighted by atomic mass is 32.2. The second-order valence-corrected chi connectivity index (χ2v) is 22.1. The third-order valence-electron chi connectivity index (χ3n) is 13.6. The first-order valence-electron chi connectivity index (χ1n) is 27.7. The van der Waals surface area contributed by atoms with Crippen molar-refractivity contribution in [3.63, 3.8) is 0 Å². The van der Waals surface area contributed by atoms with E-state index in [0.29, 0.717) is 188 Å². The summed E-state index contributed by atoms with van der Waals surface area (Å²) in [5.41, 5.74) is 2.89. The zero-order chi connectivity index (χ0) is 58.8. The van der Waals surface area contributed by atoms with Crippen molar-refractivity contribution in [3.05, 3.63) is 83.6 Å². The van der Waals surface area contributed by atoms with E-state index in [9.17, 15) is 35.8 Å². The number of hydrogen-bond acceptors (Lipinski definition) is 20. The minimum absolute atomic E-state index is 0.0359. The number of unbranched alkanes of at least 4 members (excludes halogenated alkanes) is 2. The van der Waals surface area contributed by atoms with Crippen LogP contribution < -0.4 is 4.90 Å². The maximum absolute atomic E-state index is 12.4. The Morgan fingerprint density at radius 3 is 1.41 bits per heavy atom. The molecule has 22 nitrogen and oxygen atoms in total. The highest BCUT2D eigenvalue weighted by Crippen LogP contribution is 2.50. The van der Waals surface area contributed by atoms with Crippen LogP contribution >= 0.6 is 0 Å². The smallest absolute Gasteiger partial charge is 0.303 e. The lowest BCUT2D eigenvalue weighted by Crippen LogP contribution is -2.33. The Morgan fingerprint density at radius 2 is 0.975 bits per heavy atom. The third kappa shape index (κ3) is 23.8. The minimum Gasteiger partial charge on any atom is -0.744 e. The molecule has 2 aromatic rings. The average molecular weight is 1180 g/mol. The fraction of sp³-hybridized carbons (Fsp3) is 0.649. The summed E-state index contributed by atoms with van der Waals surface area (Å²) in [5.74, 6) is -0.875. The number of likely N-dealkylation sites (N-methyl/N-ethyl adjacent to an activating group) is 1. The molecule has 81 heavy (non-hydrogen) atoms. The number of aliphatic carboxylic acids is 1. The van der Waals surface area contributed by atoms with Crippen molar-refractivity contribution >= 4 is 43.3 Å². The first-order valence-corrected chi connectivity index (χ1v) is 30.5. The lowest BCUT2D eigenvalue weighted by Gasteiger charge is -2.30. The van der Waals surface area contributed by atoms with Crippen LogP contribution in [0.2, 0.25) is 0 Å². The maximum Gasteiger partial charge on any atom is 0.303 e. The molecule has 2 aliphatic rings. The van der Waals surface area contributed by atoms with Crippen LogP contribution in [0.5, 0.6) is 0 Å². The predicted octanol–water partition coefficient (Wildman–Crippen LogP) is 5.53. The Bertz CT molecular complexity index is 2520. The van der Waals surface area contributed by atoms with E-state index >= 15 is 0 Å². The summed E-state index contributed by atoms with van der Waals surface area (Å²) in [6.07, 6.45) is 12.2. The Hall–Kier alpha value is -4.06. The van der Waals surface area contributed by atoms with Gasteiger partial charge in [0.1, 0.15) is 26.8 Å². The van der Waals surface area contributed by atoms with Crippen LogP contribution in [0.15, 0.2) is 82.3 Å². The van der Waals surface area contributed by atoms with Gasteiger partial charge in [0, 0.05) is 81.3 Å². The number of anilines is 1. The molecule has 0 spiro atoms. The third-order valence-corrected chi connectivity index (χ3v) is 15.3. The Labute approximate surface area is 479 Å². The number of carboxylic acid groups (broad SMARTS) is 1. The number of fused-ring (bicyclic) bond motifs is 2. The maximum atomic E-state index is 12.4. The standard InChI is InChI=1S/C57H88N2O20S2/c1-6-58-51-18-16-47(80(62,63)64)45-49(51)56(2,20-23-70-29-31-74-37-39-78-43-41-76-35-33-72-27-25-68-4)53(58)13-9-7-10-14-54-57(3,21-24-71-30-32-75-38-40-79-44-42-77-36-34-73-28-26-69-5)50-46-48(81(65,66)67)17-19-52(50)59(54)22-12-8-11-15-55(60)61/h7,9-10,13-14,16-19,45-46H,6,8,11-12,15,20-44H2,1-5H3,(H2-,60,61,62,63,64,65,66,67)/p-1. The van der Waals surface area contributed by atoms with E-state index in [4.69, 9.17) is 56.8 Å². The van der Waals surface area contributed by atoms with Gasteiger partial charge in [-0.1, -0.05) is 18.2 Å². The van der Waals surface area contributed by atoms with Crippen molar-refractivity contribution in [2.75, 3.05) is 178 Å². The van der Waals surface area contributed by atoms with Crippen LogP contribution in [0.4, 0.5) is 11.4 Å². The Morgan fingerprint density at radius 1 is 0.556 bits per heavy atom. The summed E-state index contributed by atoms with van der Waals surface area (Å²) in [4.78, 5) is 12.7. The topological polar surface area (TPSA) is 269 Å². The lowest BCUT2D eigenvalue weighted by atomic mass is 9.76. The molecule has 0 fully saturated rings. The fourth-order valence-electron chi connectivity index (χ4n) is 9.36. The molecule has 0 bridgehead atoms. The Balaban J connectivity index is 1.46. The molecule has 4 rings (SSSR count). The van der Waals surface area contributed by atoms with Crippen LogP contribution in [0.25, 0.3) is 0 Å². The number of allylic oxidation sites excluding steroid dienone is 6. The van der Waals surface area contributed by atoms with Crippen LogP contribution in [0.3, 0.4) is 0 Å². The van der Waals surface area contributed by atoms with Crippen molar-refractivity contribution in [2.45, 2.75) is 79.9 Å². The van der Waals surface area contributed by atoms with Gasteiger partial charge in [0.15, 0.2) is 5.71 Å². The van der Waals surface area contributed by atoms with Gasteiger partial charge in [-0.15, -0.1) is 0 Å². The number of nitrogens with zero attached hydrogens (tertiary/aromatic N) is 2. The van der Waals surface area contributed by atoms with Crippen molar-refractivity contribution in [2.24, 2.45) is 0 Å². The van der Waals surface area contributed by atoms with E-state index in [-0.39, 0.29) is 29.4 Å². The van der Waals surface area contributed by atoms with Crippen LogP contribution in [0, 0.1) is 0 Å². The molecule has 0 radical (unpaired) electrons. The summed E-state index contributed by atoms with van der Waals surface area (Å²) in [5, 5.41) is 9.28. The van der Waals surface area contributed by atoms with E-state index in [2.05, 4.69) is 9.48 Å². The number of hydrogen-bond donors (Lipinski definition) is 1. The fourth-order valence-corrected chi connectivity index (χ4v) is 10.4. The zero-order valence-electron chi connectivity index (χ0n) is 48.0. The molecule has 2 unspecified atom stereocenters. The van der Waals surface area contributed by atoms with Crippen molar-refractivity contribution in [1.29, 1.82) is 0 Å². The first-order chi connectivity index (χ1) is 39.0. The summed E-state index contributed by atoms with van der Waals surface area (Å²) in [6.45, 7) is 16.0. The molecule has 2 heterocycles. The molecule has 0 amide bonds. The van der Waals surface area contributed by atoms with Gasteiger partial charge in [-0.3, -0.25) is 4.79 Å². The molecule has 458 valence electrons. The molecule has 0 saturated carbocycles. The highest BCUT2D eigenvalue weighted by Gasteiger charge is 2.48. The summed E-state index contributed by atoms with van der Waals surface area (Å²) in [7, 11) is -6.34.